The van der Waals surface area contributed by atoms with Gasteiger partial charge in [0.25, 0.3) is 5.91 Å². The molecule has 0 aromatic carbocycles. The normalized spacial score (nSPS) is 16.2. The van der Waals surface area contributed by atoms with E-state index in [2.05, 4.69) is 34.7 Å². The third-order valence-corrected chi connectivity index (χ3v) is 7.44. The first kappa shape index (κ1) is 19.4. The number of nitrogens with one attached hydrogen (secondary N) is 1. The predicted octanol–water partition coefficient (Wildman–Crippen LogP) is 4.02. The second-order valence-corrected chi connectivity index (χ2v) is 9.13. The van der Waals surface area contributed by atoms with Gasteiger partial charge in [-0.1, -0.05) is 6.07 Å². The van der Waals surface area contributed by atoms with Gasteiger partial charge in [0.05, 0.1) is 24.8 Å². The minimum absolute atomic E-state index is 0.000338. The first-order valence-electron chi connectivity index (χ1n) is 9.52. The van der Waals surface area contributed by atoms with E-state index in [1.165, 1.54) is 9.75 Å². The highest BCUT2D eigenvalue weighted by Gasteiger charge is 2.26. The van der Waals surface area contributed by atoms with Crippen LogP contribution in [-0.2, 0) is 4.74 Å². The standard InChI is InChI=1S/C21H25N3O2S2/c1-15-16(2)28-21(24-7-3-4-8-24)19(15)20(25)22-14-17(18-6-5-13-27-18)23-9-11-26-12-10-23/h3-8,13,17H,9-12,14H2,1-2H3,(H,22,25)/t17-/m1/s1. The number of aromatic nitrogens is 1. The summed E-state index contributed by atoms with van der Waals surface area (Å²) < 4.78 is 7.54. The Morgan fingerprint density at radius 3 is 2.64 bits per heavy atom. The summed E-state index contributed by atoms with van der Waals surface area (Å²) in [5, 5.41) is 6.30. The van der Waals surface area contributed by atoms with Gasteiger partial charge in [0.2, 0.25) is 0 Å². The van der Waals surface area contributed by atoms with E-state index in [9.17, 15) is 4.79 Å². The van der Waals surface area contributed by atoms with E-state index >= 15 is 0 Å². The van der Waals surface area contributed by atoms with Crippen molar-refractivity contribution >= 4 is 28.6 Å². The van der Waals surface area contributed by atoms with Gasteiger partial charge >= 0.3 is 0 Å². The van der Waals surface area contributed by atoms with Crippen LogP contribution in [-0.4, -0.2) is 48.2 Å². The van der Waals surface area contributed by atoms with Crippen molar-refractivity contribution in [2.75, 3.05) is 32.8 Å². The van der Waals surface area contributed by atoms with Crippen LogP contribution in [0.4, 0.5) is 0 Å². The molecule has 1 aliphatic heterocycles. The lowest BCUT2D eigenvalue weighted by Crippen LogP contribution is -2.43. The van der Waals surface area contributed by atoms with E-state index in [4.69, 9.17) is 4.74 Å². The molecule has 0 aliphatic carbocycles. The van der Waals surface area contributed by atoms with Gasteiger partial charge in [-0.15, -0.1) is 22.7 Å². The molecule has 1 fully saturated rings. The molecule has 5 nitrogen and oxygen atoms in total. The van der Waals surface area contributed by atoms with E-state index < -0.39 is 0 Å². The quantitative estimate of drug-likeness (QED) is 0.661. The molecule has 1 aliphatic rings. The summed E-state index contributed by atoms with van der Waals surface area (Å²) in [5.41, 5.74) is 1.84. The number of carbonyl (C=O) groups excluding carboxylic acids is 1. The van der Waals surface area contributed by atoms with Crippen LogP contribution in [0.25, 0.3) is 5.00 Å². The summed E-state index contributed by atoms with van der Waals surface area (Å²) in [5.74, 6) is 0.000338. The SMILES string of the molecule is Cc1sc(-n2cccc2)c(C(=O)NC[C@H](c2cccs2)N2CCOCC2)c1C. The van der Waals surface area contributed by atoms with Gasteiger partial charge in [-0.25, -0.2) is 0 Å². The maximum absolute atomic E-state index is 13.2. The number of carbonyl (C=O) groups is 1. The molecule has 3 aromatic rings. The molecule has 4 heterocycles. The highest BCUT2D eigenvalue weighted by molar-refractivity contribution is 7.15. The van der Waals surface area contributed by atoms with E-state index in [0.717, 1.165) is 42.4 Å². The highest BCUT2D eigenvalue weighted by Crippen LogP contribution is 2.31. The number of ether oxygens (including phenoxy) is 1. The molecule has 7 heteroatoms. The molecule has 0 spiro atoms. The minimum atomic E-state index is 0.000338. The fourth-order valence-corrected chi connectivity index (χ4v) is 5.57. The smallest absolute Gasteiger partial charge is 0.254 e. The van der Waals surface area contributed by atoms with Crippen molar-refractivity contribution in [3.8, 4) is 5.00 Å². The Hall–Kier alpha value is -1.93. The van der Waals surface area contributed by atoms with Crippen molar-refractivity contribution in [2.45, 2.75) is 19.9 Å². The lowest BCUT2D eigenvalue weighted by molar-refractivity contribution is 0.0169. The maximum Gasteiger partial charge on any atom is 0.254 e. The summed E-state index contributed by atoms with van der Waals surface area (Å²) in [6.45, 7) is 7.98. The van der Waals surface area contributed by atoms with Gasteiger partial charge in [0, 0.05) is 41.8 Å². The molecule has 1 saturated heterocycles. The van der Waals surface area contributed by atoms with Crippen LogP contribution in [0.1, 0.15) is 31.7 Å². The van der Waals surface area contributed by atoms with Gasteiger partial charge in [-0.3, -0.25) is 9.69 Å². The number of nitrogens with zero attached hydrogens (tertiary/aromatic N) is 2. The van der Waals surface area contributed by atoms with E-state index in [1.807, 2.05) is 36.0 Å². The van der Waals surface area contributed by atoms with Gasteiger partial charge < -0.3 is 14.6 Å². The van der Waals surface area contributed by atoms with Crippen LogP contribution in [0.5, 0.6) is 0 Å². The monoisotopic (exact) mass is 415 g/mol. The molecule has 0 unspecified atom stereocenters. The van der Waals surface area contributed by atoms with E-state index in [1.54, 1.807) is 22.7 Å². The van der Waals surface area contributed by atoms with E-state index in [-0.39, 0.29) is 11.9 Å². The average molecular weight is 416 g/mol. The summed E-state index contributed by atoms with van der Waals surface area (Å²) in [6.07, 6.45) is 3.98. The number of amides is 1. The largest absolute Gasteiger partial charge is 0.379 e. The Labute approximate surface area is 173 Å². The Balaban J connectivity index is 1.54. The average Bonchev–Trinajstić information content (AvgIpc) is 3.46. The summed E-state index contributed by atoms with van der Waals surface area (Å²) in [6, 6.07) is 8.38. The minimum Gasteiger partial charge on any atom is -0.379 e. The molecule has 3 aromatic heterocycles. The fourth-order valence-electron chi connectivity index (χ4n) is 3.59. The lowest BCUT2D eigenvalue weighted by atomic mass is 10.1. The molecule has 148 valence electrons. The summed E-state index contributed by atoms with van der Waals surface area (Å²) in [4.78, 5) is 18.1. The fraction of sp³-hybridized carbons (Fsp3) is 0.381. The molecule has 4 rings (SSSR count). The molecule has 28 heavy (non-hydrogen) atoms. The van der Waals surface area contributed by atoms with Crippen molar-refractivity contribution in [3.05, 3.63) is 62.9 Å². The van der Waals surface area contributed by atoms with E-state index in [0.29, 0.717) is 6.54 Å². The van der Waals surface area contributed by atoms with Crippen LogP contribution in [0.2, 0.25) is 0 Å². The molecular formula is C21H25N3O2S2. The first-order chi connectivity index (χ1) is 13.6. The number of hydrogen-bond acceptors (Lipinski definition) is 5. The molecule has 1 N–H and O–H groups in total. The molecule has 1 amide bonds. The van der Waals surface area contributed by atoms with Crippen molar-refractivity contribution < 1.29 is 9.53 Å². The first-order valence-corrected chi connectivity index (χ1v) is 11.2. The Morgan fingerprint density at radius 1 is 1.21 bits per heavy atom. The molecule has 0 saturated carbocycles. The number of hydrogen-bond donors (Lipinski definition) is 1. The van der Waals surface area contributed by atoms with Crippen LogP contribution >= 0.6 is 22.7 Å². The number of aryl methyl sites for hydroxylation is 1. The second kappa shape index (κ2) is 8.61. The molecule has 0 bridgehead atoms. The van der Waals surface area contributed by atoms with Crippen LogP contribution < -0.4 is 5.32 Å². The Bertz CT molecular complexity index is 910. The van der Waals surface area contributed by atoms with Gasteiger partial charge in [-0.2, -0.15) is 0 Å². The second-order valence-electron chi connectivity index (χ2n) is 6.94. The van der Waals surface area contributed by atoms with Crippen LogP contribution in [0, 0.1) is 13.8 Å². The zero-order valence-corrected chi connectivity index (χ0v) is 17.8. The van der Waals surface area contributed by atoms with Crippen molar-refractivity contribution in [1.29, 1.82) is 0 Å². The van der Waals surface area contributed by atoms with Crippen molar-refractivity contribution in [1.82, 2.24) is 14.8 Å². The molecular weight excluding hydrogens is 390 g/mol. The topological polar surface area (TPSA) is 46.5 Å². The van der Waals surface area contributed by atoms with Gasteiger partial charge in [-0.05, 0) is 43.0 Å². The van der Waals surface area contributed by atoms with Gasteiger partial charge in [0.15, 0.2) is 0 Å². The maximum atomic E-state index is 13.2. The lowest BCUT2D eigenvalue weighted by Gasteiger charge is -2.34. The number of rotatable bonds is 6. The zero-order chi connectivity index (χ0) is 19.5. The van der Waals surface area contributed by atoms with Crippen LogP contribution in [0.3, 0.4) is 0 Å². The molecule has 0 radical (unpaired) electrons. The predicted molar refractivity (Wildman–Crippen MR) is 115 cm³/mol. The number of thiophene rings is 2. The molecule has 1 atom stereocenters. The third kappa shape index (κ3) is 3.93. The Kier molecular flexibility index (Phi) is 5.96. The van der Waals surface area contributed by atoms with Crippen molar-refractivity contribution in [2.24, 2.45) is 0 Å². The third-order valence-electron chi connectivity index (χ3n) is 5.25. The van der Waals surface area contributed by atoms with Crippen molar-refractivity contribution in [3.63, 3.8) is 0 Å². The van der Waals surface area contributed by atoms with Gasteiger partial charge in [0.1, 0.15) is 5.00 Å². The summed E-state index contributed by atoms with van der Waals surface area (Å²) in [7, 11) is 0. The zero-order valence-electron chi connectivity index (χ0n) is 16.2. The summed E-state index contributed by atoms with van der Waals surface area (Å²) >= 11 is 3.41. The number of morpholine rings is 1. The van der Waals surface area contributed by atoms with Crippen LogP contribution in [0.15, 0.2) is 42.0 Å². The highest BCUT2D eigenvalue weighted by atomic mass is 32.1. The Morgan fingerprint density at radius 2 is 1.96 bits per heavy atom.